The summed E-state index contributed by atoms with van der Waals surface area (Å²) in [5.41, 5.74) is 1.14. The number of piperidine rings is 1. The van der Waals surface area contributed by atoms with Crippen LogP contribution in [0.4, 0.5) is 4.39 Å². The molecule has 3 rings (SSSR count). The van der Waals surface area contributed by atoms with Crippen molar-refractivity contribution in [3.8, 4) is 0 Å². The molecule has 2 aromatic carbocycles. The molecule has 1 unspecified atom stereocenters. The van der Waals surface area contributed by atoms with Gasteiger partial charge in [0.15, 0.2) is 0 Å². The highest BCUT2D eigenvalue weighted by molar-refractivity contribution is 6.30. The van der Waals surface area contributed by atoms with Crippen molar-refractivity contribution in [2.45, 2.75) is 25.3 Å². The van der Waals surface area contributed by atoms with E-state index in [0.717, 1.165) is 23.4 Å². The zero-order valence-corrected chi connectivity index (χ0v) is 13.4. The van der Waals surface area contributed by atoms with Gasteiger partial charge in [0.1, 0.15) is 5.82 Å². The maximum absolute atomic E-state index is 12.1. The minimum atomic E-state index is -0.294. The van der Waals surface area contributed by atoms with Gasteiger partial charge in [-0.15, -0.1) is 0 Å². The summed E-state index contributed by atoms with van der Waals surface area (Å²) in [4.78, 5) is 11.2. The second kappa shape index (κ2) is 8.16. The van der Waals surface area contributed by atoms with Crippen LogP contribution in [0.1, 0.15) is 30.9 Å². The first-order chi connectivity index (χ1) is 10.5. The number of halogens is 3. The standard InChI is InChI=1S/C11H12ClNO.C6H4ClF/c12-9-6-4-8(5-7-9)10-2-1-3-11(14)13-10;7-5-2-1-3-6(8)4-5/h4-7,10H,1-3H2,(H,13,14);1-4H. The molecule has 1 N–H and O–H groups in total. The fraction of sp³-hybridized carbons (Fsp3) is 0.235. The summed E-state index contributed by atoms with van der Waals surface area (Å²) in [7, 11) is 0. The average molecular weight is 340 g/mol. The molecule has 1 aliphatic heterocycles. The van der Waals surface area contributed by atoms with E-state index in [-0.39, 0.29) is 17.8 Å². The van der Waals surface area contributed by atoms with Gasteiger partial charge in [-0.1, -0.05) is 41.4 Å². The van der Waals surface area contributed by atoms with Crippen molar-refractivity contribution in [1.29, 1.82) is 0 Å². The van der Waals surface area contributed by atoms with Crippen LogP contribution in [0.2, 0.25) is 10.0 Å². The van der Waals surface area contributed by atoms with Crippen molar-refractivity contribution in [2.75, 3.05) is 0 Å². The van der Waals surface area contributed by atoms with Gasteiger partial charge in [-0.3, -0.25) is 4.79 Å². The number of amides is 1. The highest BCUT2D eigenvalue weighted by Crippen LogP contribution is 2.24. The zero-order chi connectivity index (χ0) is 15.9. The van der Waals surface area contributed by atoms with Crippen LogP contribution in [0.15, 0.2) is 48.5 Å². The predicted molar refractivity (Wildman–Crippen MR) is 87.6 cm³/mol. The van der Waals surface area contributed by atoms with Crippen LogP contribution in [0.3, 0.4) is 0 Å². The number of rotatable bonds is 1. The van der Waals surface area contributed by atoms with E-state index in [1.165, 1.54) is 12.1 Å². The molecule has 2 aromatic rings. The van der Waals surface area contributed by atoms with Gasteiger partial charge in [0.2, 0.25) is 5.91 Å². The van der Waals surface area contributed by atoms with Crippen molar-refractivity contribution in [3.63, 3.8) is 0 Å². The van der Waals surface area contributed by atoms with E-state index >= 15 is 0 Å². The lowest BCUT2D eigenvalue weighted by atomic mass is 9.97. The molecule has 0 aromatic heterocycles. The smallest absolute Gasteiger partial charge is 0.220 e. The van der Waals surface area contributed by atoms with E-state index in [9.17, 15) is 9.18 Å². The number of hydrogen-bond donors (Lipinski definition) is 1. The molecule has 1 amide bonds. The van der Waals surface area contributed by atoms with E-state index in [0.29, 0.717) is 11.4 Å². The highest BCUT2D eigenvalue weighted by atomic mass is 35.5. The minimum absolute atomic E-state index is 0.149. The third-order valence-corrected chi connectivity index (χ3v) is 3.78. The molecule has 1 saturated heterocycles. The van der Waals surface area contributed by atoms with Crippen molar-refractivity contribution in [3.05, 3.63) is 70.0 Å². The van der Waals surface area contributed by atoms with Crippen molar-refractivity contribution >= 4 is 29.1 Å². The summed E-state index contributed by atoms with van der Waals surface area (Å²) < 4.78 is 12.1. The second-order valence-corrected chi connectivity index (χ2v) is 5.88. The lowest BCUT2D eigenvalue weighted by molar-refractivity contribution is -0.123. The first-order valence-electron chi connectivity index (χ1n) is 7.00. The van der Waals surface area contributed by atoms with Gasteiger partial charge in [0, 0.05) is 16.5 Å². The van der Waals surface area contributed by atoms with Gasteiger partial charge >= 0.3 is 0 Å². The van der Waals surface area contributed by atoms with Crippen LogP contribution in [-0.4, -0.2) is 5.91 Å². The van der Waals surface area contributed by atoms with E-state index in [2.05, 4.69) is 5.32 Å². The van der Waals surface area contributed by atoms with Gasteiger partial charge in [0.05, 0.1) is 6.04 Å². The molecular formula is C17H16Cl2FNO. The Morgan fingerprint density at radius 2 is 1.77 bits per heavy atom. The minimum Gasteiger partial charge on any atom is -0.349 e. The number of carbonyl (C=O) groups is 1. The van der Waals surface area contributed by atoms with Gasteiger partial charge in [0.25, 0.3) is 0 Å². The summed E-state index contributed by atoms with van der Waals surface area (Å²) in [6.45, 7) is 0. The van der Waals surface area contributed by atoms with E-state index in [1.54, 1.807) is 12.1 Å². The molecule has 1 atom stereocenters. The van der Waals surface area contributed by atoms with Gasteiger partial charge < -0.3 is 5.32 Å². The van der Waals surface area contributed by atoms with E-state index in [1.807, 2.05) is 24.3 Å². The molecule has 22 heavy (non-hydrogen) atoms. The van der Waals surface area contributed by atoms with Crippen LogP contribution >= 0.6 is 23.2 Å². The number of nitrogens with one attached hydrogen (secondary N) is 1. The SMILES string of the molecule is Fc1cccc(Cl)c1.O=C1CCCC(c2ccc(Cl)cc2)N1. The molecule has 0 radical (unpaired) electrons. The molecule has 1 aliphatic rings. The fourth-order valence-corrected chi connectivity index (χ4v) is 2.51. The van der Waals surface area contributed by atoms with Crippen LogP contribution in [0, 0.1) is 5.82 Å². The van der Waals surface area contributed by atoms with E-state index < -0.39 is 0 Å². The fourth-order valence-electron chi connectivity index (χ4n) is 2.21. The lowest BCUT2D eigenvalue weighted by Crippen LogP contribution is -2.32. The van der Waals surface area contributed by atoms with Gasteiger partial charge in [-0.05, 0) is 48.7 Å². The monoisotopic (exact) mass is 339 g/mol. The van der Waals surface area contributed by atoms with Crippen LogP contribution in [0.5, 0.6) is 0 Å². The topological polar surface area (TPSA) is 29.1 Å². The first kappa shape index (κ1) is 16.8. The quantitative estimate of drug-likeness (QED) is 0.763. The van der Waals surface area contributed by atoms with Gasteiger partial charge in [-0.25, -0.2) is 4.39 Å². The maximum Gasteiger partial charge on any atom is 0.220 e. The highest BCUT2D eigenvalue weighted by Gasteiger charge is 2.19. The molecule has 0 aliphatic carbocycles. The Hall–Kier alpha value is -1.58. The number of benzene rings is 2. The van der Waals surface area contributed by atoms with Crippen LogP contribution in [0.25, 0.3) is 0 Å². The van der Waals surface area contributed by atoms with Crippen LogP contribution < -0.4 is 5.32 Å². The molecular weight excluding hydrogens is 324 g/mol. The predicted octanol–water partition coefficient (Wildman–Crippen LogP) is 5.16. The van der Waals surface area contributed by atoms with Crippen molar-refractivity contribution in [2.24, 2.45) is 0 Å². The Morgan fingerprint density at radius 3 is 2.32 bits per heavy atom. The zero-order valence-electron chi connectivity index (χ0n) is 11.9. The average Bonchev–Trinajstić information content (AvgIpc) is 2.48. The molecule has 1 fully saturated rings. The number of hydrogen-bond acceptors (Lipinski definition) is 1. The molecule has 0 bridgehead atoms. The Bertz CT molecular complexity index is 614. The second-order valence-electron chi connectivity index (χ2n) is 5.00. The maximum atomic E-state index is 12.1. The summed E-state index contributed by atoms with van der Waals surface area (Å²) >= 11 is 11.2. The molecule has 0 spiro atoms. The Morgan fingerprint density at radius 1 is 1.05 bits per heavy atom. The van der Waals surface area contributed by atoms with Gasteiger partial charge in [-0.2, -0.15) is 0 Å². The molecule has 5 heteroatoms. The molecule has 2 nitrogen and oxygen atoms in total. The number of carbonyl (C=O) groups excluding carboxylic acids is 1. The third kappa shape index (κ3) is 5.32. The largest absolute Gasteiger partial charge is 0.349 e. The summed E-state index contributed by atoms with van der Waals surface area (Å²) in [5, 5.41) is 4.14. The summed E-state index contributed by atoms with van der Waals surface area (Å²) in [6, 6.07) is 13.6. The molecule has 116 valence electrons. The Balaban J connectivity index is 0.000000188. The summed E-state index contributed by atoms with van der Waals surface area (Å²) in [5.74, 6) is -0.145. The lowest BCUT2D eigenvalue weighted by Gasteiger charge is -2.23. The van der Waals surface area contributed by atoms with E-state index in [4.69, 9.17) is 23.2 Å². The third-order valence-electron chi connectivity index (χ3n) is 3.29. The van der Waals surface area contributed by atoms with Crippen molar-refractivity contribution < 1.29 is 9.18 Å². The molecule has 0 saturated carbocycles. The Labute approximate surface area is 139 Å². The Kier molecular flexibility index (Phi) is 6.22. The first-order valence-corrected chi connectivity index (χ1v) is 7.76. The normalized spacial score (nSPS) is 17.2. The van der Waals surface area contributed by atoms with Crippen molar-refractivity contribution in [1.82, 2.24) is 5.32 Å². The summed E-state index contributed by atoms with van der Waals surface area (Å²) in [6.07, 6.45) is 2.65. The van der Waals surface area contributed by atoms with Crippen LogP contribution in [-0.2, 0) is 4.79 Å². The molecule has 1 heterocycles.